The summed E-state index contributed by atoms with van der Waals surface area (Å²) in [6.07, 6.45) is 5.63. The molecule has 202 valence electrons. The molecule has 38 heavy (non-hydrogen) atoms. The minimum atomic E-state index is -4.17. The van der Waals surface area contributed by atoms with Crippen molar-refractivity contribution in [3.63, 3.8) is 0 Å². The molecule has 1 fully saturated rings. The van der Waals surface area contributed by atoms with Gasteiger partial charge in [0.25, 0.3) is 15.9 Å². The lowest BCUT2D eigenvalue weighted by atomic mass is 9.92. The molecular weight excluding hydrogens is 545 g/mol. The maximum absolute atomic E-state index is 13.6. The van der Waals surface area contributed by atoms with Gasteiger partial charge in [-0.25, -0.2) is 0 Å². The number of piperidine rings is 1. The molecule has 0 spiro atoms. The second-order valence-corrected chi connectivity index (χ2v) is 11.8. The molecule has 1 aliphatic heterocycles. The van der Waals surface area contributed by atoms with Gasteiger partial charge in [-0.2, -0.15) is 8.42 Å². The molecule has 1 heterocycles. The van der Waals surface area contributed by atoms with Crippen LogP contribution in [0.5, 0.6) is 5.75 Å². The number of hydrogen-bond acceptors (Lipinski definition) is 5. The van der Waals surface area contributed by atoms with E-state index in [-0.39, 0.29) is 27.3 Å². The molecule has 2 N–H and O–H groups in total. The van der Waals surface area contributed by atoms with E-state index >= 15 is 0 Å². The molecule has 7 nitrogen and oxygen atoms in total. The average Bonchev–Trinajstić information content (AvgIpc) is 2.93. The van der Waals surface area contributed by atoms with Gasteiger partial charge in [-0.1, -0.05) is 58.7 Å². The van der Waals surface area contributed by atoms with E-state index in [1.807, 2.05) is 0 Å². The van der Waals surface area contributed by atoms with Crippen molar-refractivity contribution in [3.8, 4) is 5.75 Å². The van der Waals surface area contributed by atoms with Gasteiger partial charge >= 0.3 is 0 Å². The molecular formula is C28H31Cl2N3O4S. The number of carbonyl (C=O) groups excluding carboxylic acids is 1. The lowest BCUT2D eigenvalue weighted by molar-refractivity contribution is 0.0952. The Labute approximate surface area is 234 Å². The van der Waals surface area contributed by atoms with Gasteiger partial charge in [0.15, 0.2) is 5.75 Å². The van der Waals surface area contributed by atoms with Crippen molar-refractivity contribution in [2.45, 2.75) is 37.0 Å². The zero-order valence-electron chi connectivity index (χ0n) is 20.9. The van der Waals surface area contributed by atoms with Crippen molar-refractivity contribution in [3.05, 3.63) is 88.4 Å². The van der Waals surface area contributed by atoms with Crippen molar-refractivity contribution in [1.29, 1.82) is 0 Å². The molecule has 0 atom stereocenters. The molecule has 0 bridgehead atoms. The van der Waals surface area contributed by atoms with E-state index in [0.29, 0.717) is 17.1 Å². The third-order valence-corrected chi connectivity index (χ3v) is 8.58. The Morgan fingerprint density at radius 3 is 2.37 bits per heavy atom. The number of carbonyl (C=O) groups is 1. The lowest BCUT2D eigenvalue weighted by Crippen LogP contribution is -2.34. The molecule has 3 aromatic rings. The summed E-state index contributed by atoms with van der Waals surface area (Å²) >= 11 is 12.2. The summed E-state index contributed by atoms with van der Waals surface area (Å²) in [5, 5.41) is 6.86. The maximum atomic E-state index is 13.6. The summed E-state index contributed by atoms with van der Waals surface area (Å²) in [6, 6.07) is 18.7. The summed E-state index contributed by atoms with van der Waals surface area (Å²) in [7, 11) is -4.17. The molecule has 0 aliphatic carbocycles. The quantitative estimate of drug-likeness (QED) is 0.213. The minimum Gasteiger partial charge on any atom is -0.363 e. The molecule has 0 aromatic heterocycles. The van der Waals surface area contributed by atoms with Crippen LogP contribution >= 0.6 is 23.2 Å². The van der Waals surface area contributed by atoms with Crippen molar-refractivity contribution >= 4 is 44.8 Å². The summed E-state index contributed by atoms with van der Waals surface area (Å²) in [5.74, 6) is 0.663. The number of nitrogens with zero attached hydrogens (tertiary/aromatic N) is 1. The van der Waals surface area contributed by atoms with Gasteiger partial charge in [-0.3, -0.25) is 4.79 Å². The maximum Gasteiger partial charge on any atom is 0.295 e. The predicted molar refractivity (Wildman–Crippen MR) is 151 cm³/mol. The van der Waals surface area contributed by atoms with Gasteiger partial charge in [0.2, 0.25) is 0 Å². The van der Waals surface area contributed by atoms with Gasteiger partial charge in [0, 0.05) is 17.1 Å². The van der Waals surface area contributed by atoms with E-state index in [2.05, 4.69) is 10.6 Å². The average molecular weight is 577 g/mol. The molecule has 1 amide bonds. The van der Waals surface area contributed by atoms with Crippen molar-refractivity contribution in [1.82, 2.24) is 10.6 Å². The molecule has 0 unspecified atom stereocenters. The van der Waals surface area contributed by atoms with Crippen molar-refractivity contribution in [2.24, 2.45) is 5.92 Å². The number of rotatable bonds is 11. The Kier molecular flexibility index (Phi) is 9.91. The van der Waals surface area contributed by atoms with E-state index in [1.54, 1.807) is 36.4 Å². The van der Waals surface area contributed by atoms with Crippen LogP contribution in [0.15, 0.2) is 77.7 Å². The summed E-state index contributed by atoms with van der Waals surface area (Å²) in [4.78, 5) is 18.3. The highest BCUT2D eigenvalue weighted by molar-refractivity contribution is 7.92. The van der Waals surface area contributed by atoms with E-state index in [4.69, 9.17) is 28.0 Å². The van der Waals surface area contributed by atoms with Gasteiger partial charge in [-0.15, -0.1) is 0 Å². The minimum absolute atomic E-state index is 0.0371. The number of anilines is 1. The van der Waals surface area contributed by atoms with E-state index < -0.39 is 10.0 Å². The van der Waals surface area contributed by atoms with E-state index in [9.17, 15) is 13.2 Å². The smallest absolute Gasteiger partial charge is 0.295 e. The Morgan fingerprint density at radius 2 is 1.68 bits per heavy atom. The Hall–Kier alpha value is -2.78. The highest BCUT2D eigenvalue weighted by Crippen LogP contribution is 2.32. The second kappa shape index (κ2) is 13.3. The summed E-state index contributed by atoms with van der Waals surface area (Å²) in [5.41, 5.74) is 0.667. The van der Waals surface area contributed by atoms with E-state index in [0.717, 1.165) is 36.3 Å². The van der Waals surface area contributed by atoms with Crippen LogP contribution in [0, 0.1) is 5.92 Å². The molecule has 4 rings (SSSR count). The molecule has 1 aliphatic rings. The van der Waals surface area contributed by atoms with Crippen LogP contribution in [0.3, 0.4) is 0 Å². The second-order valence-electron chi connectivity index (χ2n) is 9.20. The topological polar surface area (TPSA) is 87.7 Å². The Morgan fingerprint density at radius 1 is 0.974 bits per heavy atom. The highest BCUT2D eigenvalue weighted by atomic mass is 35.5. The molecule has 10 heteroatoms. The lowest BCUT2D eigenvalue weighted by Gasteiger charge is -2.24. The number of hydrogen-bond donors (Lipinski definition) is 2. The zero-order valence-corrected chi connectivity index (χ0v) is 23.2. The monoisotopic (exact) mass is 575 g/mol. The number of unbranched alkanes of at least 4 members (excludes halogenated alkanes) is 1. The first-order chi connectivity index (χ1) is 18.3. The summed E-state index contributed by atoms with van der Waals surface area (Å²) in [6.45, 7) is 2.77. The van der Waals surface area contributed by atoms with Gasteiger partial charge < -0.3 is 15.5 Å². The van der Waals surface area contributed by atoms with E-state index in [1.165, 1.54) is 55.7 Å². The number of sulfonamides is 1. The highest BCUT2D eigenvalue weighted by Gasteiger charge is 2.28. The van der Waals surface area contributed by atoms with Crippen LogP contribution in [0.1, 0.15) is 42.5 Å². The molecule has 0 radical (unpaired) electrons. The standard InChI is InChI=1S/C28H31Cl2N3O4S/c29-23-11-14-27(26(30)20-23)37-33(24-7-2-1-3-8-24)38(35,36)25-12-9-22(10-13-25)28(34)32-17-5-4-6-21-15-18-31-19-16-21/h1-3,7-14,20-21,31H,4-6,15-19H2,(H,32,34). The van der Waals surface area contributed by atoms with Crippen LogP contribution in [0.2, 0.25) is 10.0 Å². The largest absolute Gasteiger partial charge is 0.363 e. The van der Waals surface area contributed by atoms with Crippen LogP contribution in [-0.4, -0.2) is 34.0 Å². The van der Waals surface area contributed by atoms with Crippen molar-refractivity contribution < 1.29 is 18.0 Å². The Bertz CT molecular complexity index is 1320. The van der Waals surface area contributed by atoms with Crippen LogP contribution < -0.4 is 19.9 Å². The fourth-order valence-corrected chi connectivity index (χ4v) is 6.03. The predicted octanol–water partition coefficient (Wildman–Crippen LogP) is 6.08. The molecule has 1 saturated heterocycles. The van der Waals surface area contributed by atoms with Gasteiger partial charge in [0.1, 0.15) is 0 Å². The number of benzene rings is 3. The van der Waals surface area contributed by atoms with Gasteiger partial charge in [-0.05, 0) is 92.9 Å². The van der Waals surface area contributed by atoms with Gasteiger partial charge in [0.05, 0.1) is 15.6 Å². The first kappa shape index (κ1) is 28.2. The third kappa shape index (κ3) is 7.41. The van der Waals surface area contributed by atoms with Crippen LogP contribution in [0.4, 0.5) is 5.69 Å². The van der Waals surface area contributed by atoms with Crippen LogP contribution in [0.25, 0.3) is 0 Å². The molecule has 0 saturated carbocycles. The normalized spacial score (nSPS) is 14.2. The Balaban J connectivity index is 1.41. The van der Waals surface area contributed by atoms with Crippen molar-refractivity contribution in [2.75, 3.05) is 24.1 Å². The number of para-hydroxylation sites is 1. The number of nitrogens with one attached hydrogen (secondary N) is 2. The fourth-order valence-electron chi connectivity index (χ4n) is 4.34. The third-order valence-electron chi connectivity index (χ3n) is 6.46. The zero-order chi connectivity index (χ0) is 27.0. The first-order valence-electron chi connectivity index (χ1n) is 12.7. The fraction of sp³-hybridized carbons (Fsp3) is 0.321. The van der Waals surface area contributed by atoms with Crippen LogP contribution in [-0.2, 0) is 10.0 Å². The SMILES string of the molecule is O=C(NCCCCC1CCNCC1)c1ccc(S(=O)(=O)N(Oc2ccc(Cl)cc2Cl)c2ccccc2)cc1. The number of halogens is 2. The summed E-state index contributed by atoms with van der Waals surface area (Å²) < 4.78 is 28.0. The first-order valence-corrected chi connectivity index (χ1v) is 14.9. The molecule has 3 aromatic carbocycles. The number of amides is 1.